The summed E-state index contributed by atoms with van der Waals surface area (Å²) in [6, 6.07) is 0.621. The van der Waals surface area contributed by atoms with Crippen LogP contribution in [0.1, 0.15) is 52.9 Å². The van der Waals surface area contributed by atoms with Crippen LogP contribution in [0, 0.1) is 0 Å². The van der Waals surface area contributed by atoms with E-state index in [9.17, 15) is 0 Å². The van der Waals surface area contributed by atoms with E-state index in [2.05, 4.69) is 25.7 Å². The van der Waals surface area contributed by atoms with Gasteiger partial charge in [-0.05, 0) is 33.1 Å². The van der Waals surface area contributed by atoms with Crippen LogP contribution in [-0.2, 0) is 0 Å². The van der Waals surface area contributed by atoms with E-state index in [-0.39, 0.29) is 0 Å². The van der Waals surface area contributed by atoms with E-state index in [4.69, 9.17) is 4.99 Å². The summed E-state index contributed by atoms with van der Waals surface area (Å²) in [6.07, 6.45) is 6.34. The highest BCUT2D eigenvalue weighted by molar-refractivity contribution is 5.83. The maximum atomic E-state index is 4.72. The molecule has 1 heterocycles. The van der Waals surface area contributed by atoms with Gasteiger partial charge in [-0.1, -0.05) is 13.3 Å². The molecule has 0 aromatic heterocycles. The van der Waals surface area contributed by atoms with Crippen LogP contribution in [0.5, 0.6) is 0 Å². The second-order valence-corrected chi connectivity index (χ2v) is 4.40. The van der Waals surface area contributed by atoms with Crippen LogP contribution in [0.3, 0.4) is 0 Å². The second kappa shape index (κ2) is 6.05. The number of unbranched alkanes of at least 4 members (excludes halogenated alkanes) is 1. The fraction of sp³-hybridized carbons (Fsp3) is 0.917. The van der Waals surface area contributed by atoms with Gasteiger partial charge in [0.1, 0.15) is 0 Å². The van der Waals surface area contributed by atoms with Gasteiger partial charge >= 0.3 is 0 Å². The Morgan fingerprint density at radius 3 is 2.79 bits per heavy atom. The zero-order chi connectivity index (χ0) is 10.4. The van der Waals surface area contributed by atoms with Gasteiger partial charge in [0.15, 0.2) is 0 Å². The maximum Gasteiger partial charge on any atom is 0.0991 e. The van der Waals surface area contributed by atoms with Crippen molar-refractivity contribution in [1.82, 2.24) is 4.90 Å². The molecule has 0 atom stereocenters. The predicted octanol–water partition coefficient (Wildman–Crippen LogP) is 3.08. The first-order valence-electron chi connectivity index (χ1n) is 6.05. The summed E-state index contributed by atoms with van der Waals surface area (Å²) < 4.78 is 0. The highest BCUT2D eigenvalue weighted by Crippen LogP contribution is 2.15. The van der Waals surface area contributed by atoms with Crippen LogP contribution in [-0.4, -0.2) is 29.9 Å². The lowest BCUT2D eigenvalue weighted by molar-refractivity contribution is 0.312. The smallest absolute Gasteiger partial charge is 0.0991 e. The minimum atomic E-state index is 0.621. The largest absolute Gasteiger partial charge is 0.358 e. The highest BCUT2D eigenvalue weighted by atomic mass is 15.2. The first kappa shape index (κ1) is 11.5. The fourth-order valence-electron chi connectivity index (χ4n) is 1.93. The van der Waals surface area contributed by atoms with E-state index >= 15 is 0 Å². The Kier molecular flexibility index (Phi) is 4.99. The van der Waals surface area contributed by atoms with Crippen molar-refractivity contribution >= 4 is 5.84 Å². The summed E-state index contributed by atoms with van der Waals surface area (Å²) in [5.74, 6) is 1.36. The minimum absolute atomic E-state index is 0.621. The van der Waals surface area contributed by atoms with Gasteiger partial charge in [0.05, 0.1) is 5.84 Å². The number of hydrogen-bond donors (Lipinski definition) is 0. The van der Waals surface area contributed by atoms with Crippen molar-refractivity contribution in [1.29, 1.82) is 0 Å². The van der Waals surface area contributed by atoms with Crippen molar-refractivity contribution in [2.45, 2.75) is 58.9 Å². The monoisotopic (exact) mass is 196 g/mol. The Bertz CT molecular complexity index is 185. The van der Waals surface area contributed by atoms with Crippen LogP contribution < -0.4 is 0 Å². The Morgan fingerprint density at radius 2 is 2.14 bits per heavy atom. The van der Waals surface area contributed by atoms with Crippen molar-refractivity contribution in [3.63, 3.8) is 0 Å². The van der Waals surface area contributed by atoms with E-state index in [1.807, 2.05) is 0 Å². The molecule has 0 spiro atoms. The predicted molar refractivity (Wildman–Crippen MR) is 62.9 cm³/mol. The molecule has 1 aliphatic rings. The molecule has 82 valence electrons. The van der Waals surface area contributed by atoms with Gasteiger partial charge < -0.3 is 4.90 Å². The third-order valence-electron chi connectivity index (χ3n) is 2.81. The second-order valence-electron chi connectivity index (χ2n) is 4.40. The molecule has 0 saturated carbocycles. The van der Waals surface area contributed by atoms with E-state index < -0.39 is 0 Å². The lowest BCUT2D eigenvalue weighted by Crippen LogP contribution is -2.40. The lowest BCUT2D eigenvalue weighted by Gasteiger charge is -2.33. The Hall–Kier alpha value is -0.530. The molecule has 0 radical (unpaired) electrons. The molecule has 2 nitrogen and oxygen atoms in total. The van der Waals surface area contributed by atoms with Crippen LogP contribution in [0.4, 0.5) is 0 Å². The summed E-state index contributed by atoms with van der Waals surface area (Å²) in [5, 5.41) is 0. The van der Waals surface area contributed by atoms with Crippen molar-refractivity contribution in [3.8, 4) is 0 Å². The van der Waals surface area contributed by atoms with Crippen LogP contribution in [0.2, 0.25) is 0 Å². The van der Waals surface area contributed by atoms with Crippen LogP contribution in [0.25, 0.3) is 0 Å². The van der Waals surface area contributed by atoms with E-state index in [1.54, 1.807) is 0 Å². The number of hydrogen-bond acceptors (Lipinski definition) is 1. The van der Waals surface area contributed by atoms with Crippen molar-refractivity contribution < 1.29 is 0 Å². The van der Waals surface area contributed by atoms with Gasteiger partial charge in [0.25, 0.3) is 0 Å². The topological polar surface area (TPSA) is 15.6 Å². The lowest BCUT2D eigenvalue weighted by atomic mass is 10.1. The van der Waals surface area contributed by atoms with Crippen LogP contribution in [0.15, 0.2) is 4.99 Å². The fourth-order valence-corrected chi connectivity index (χ4v) is 1.93. The molecule has 0 bridgehead atoms. The van der Waals surface area contributed by atoms with E-state index in [0.717, 1.165) is 6.54 Å². The zero-order valence-corrected chi connectivity index (χ0v) is 9.92. The molecule has 0 aromatic rings. The molecule has 0 unspecified atom stereocenters. The number of piperidine rings is 1. The maximum absolute atomic E-state index is 4.72. The normalized spacial score (nSPS) is 20.9. The number of nitrogens with zero attached hydrogens (tertiary/aromatic N) is 2. The molecule has 0 amide bonds. The summed E-state index contributed by atoms with van der Waals surface area (Å²) in [5.41, 5.74) is 0. The Labute approximate surface area is 88.4 Å². The molecule has 0 aliphatic carbocycles. The van der Waals surface area contributed by atoms with Crippen molar-refractivity contribution in [2.24, 2.45) is 4.99 Å². The summed E-state index contributed by atoms with van der Waals surface area (Å²) in [6.45, 7) is 8.99. The molecule has 0 aromatic carbocycles. The molecular weight excluding hydrogens is 172 g/mol. The SMILES string of the molecule is CCCC/N=C1\CCCCN1C(C)C. The molecule has 1 saturated heterocycles. The number of likely N-dealkylation sites (tertiary alicyclic amines) is 1. The molecular formula is C12H24N2. The molecule has 1 rings (SSSR count). The van der Waals surface area contributed by atoms with Crippen LogP contribution >= 0.6 is 0 Å². The van der Waals surface area contributed by atoms with Gasteiger partial charge in [-0.2, -0.15) is 0 Å². The van der Waals surface area contributed by atoms with Crippen molar-refractivity contribution in [3.05, 3.63) is 0 Å². The molecule has 0 N–H and O–H groups in total. The quantitative estimate of drug-likeness (QED) is 0.631. The first-order valence-corrected chi connectivity index (χ1v) is 6.05. The third-order valence-corrected chi connectivity index (χ3v) is 2.81. The van der Waals surface area contributed by atoms with Gasteiger partial charge in [-0.3, -0.25) is 4.99 Å². The van der Waals surface area contributed by atoms with Gasteiger partial charge in [0.2, 0.25) is 0 Å². The molecule has 1 aliphatic heterocycles. The number of amidine groups is 1. The Balaban J connectivity index is 2.49. The van der Waals surface area contributed by atoms with E-state index in [1.165, 1.54) is 44.5 Å². The molecule has 2 heteroatoms. The molecule has 14 heavy (non-hydrogen) atoms. The zero-order valence-electron chi connectivity index (χ0n) is 9.92. The van der Waals surface area contributed by atoms with E-state index in [0.29, 0.717) is 6.04 Å². The summed E-state index contributed by atoms with van der Waals surface area (Å²) in [7, 11) is 0. The summed E-state index contributed by atoms with van der Waals surface area (Å²) >= 11 is 0. The summed E-state index contributed by atoms with van der Waals surface area (Å²) in [4.78, 5) is 7.19. The number of aliphatic imine (C=N–C) groups is 1. The van der Waals surface area contributed by atoms with Gasteiger partial charge in [-0.25, -0.2) is 0 Å². The standard InChI is InChI=1S/C12H24N2/c1-4-5-9-13-12-8-6-7-10-14(12)11(2)3/h11H,4-10H2,1-3H3/b13-12+. The number of rotatable bonds is 4. The average Bonchev–Trinajstić information content (AvgIpc) is 2.19. The Morgan fingerprint density at radius 1 is 1.36 bits per heavy atom. The average molecular weight is 196 g/mol. The minimum Gasteiger partial charge on any atom is -0.358 e. The highest BCUT2D eigenvalue weighted by Gasteiger charge is 2.18. The van der Waals surface area contributed by atoms with Gasteiger partial charge in [0, 0.05) is 25.6 Å². The molecule has 1 fully saturated rings. The first-order chi connectivity index (χ1) is 6.75. The third kappa shape index (κ3) is 3.32. The van der Waals surface area contributed by atoms with Gasteiger partial charge in [-0.15, -0.1) is 0 Å². The van der Waals surface area contributed by atoms with Crippen molar-refractivity contribution in [2.75, 3.05) is 13.1 Å².